The van der Waals surface area contributed by atoms with Gasteiger partial charge in [-0.3, -0.25) is 0 Å². The van der Waals surface area contributed by atoms with Gasteiger partial charge in [0.2, 0.25) is 0 Å². The molecule has 0 heterocycles. The van der Waals surface area contributed by atoms with E-state index in [0.29, 0.717) is 0 Å². The van der Waals surface area contributed by atoms with Gasteiger partial charge in [-0.05, 0) is 12.0 Å². The minimum atomic E-state index is 0.202. The van der Waals surface area contributed by atoms with Crippen LogP contribution in [-0.2, 0) is 0 Å². The first-order valence-electron chi connectivity index (χ1n) is 5.53. The van der Waals surface area contributed by atoms with Crippen molar-refractivity contribution in [2.75, 3.05) is 0 Å². The van der Waals surface area contributed by atoms with Gasteiger partial charge in [0.1, 0.15) is 0 Å². The second kappa shape index (κ2) is 6.89. The first-order chi connectivity index (χ1) is 6.84. The molecule has 1 heteroatoms. The van der Waals surface area contributed by atoms with Crippen LogP contribution in [0.2, 0.25) is 0 Å². The zero-order chi connectivity index (χ0) is 10.2. The highest BCUT2D eigenvalue weighted by molar-refractivity contribution is 6.20. The molecule has 0 nitrogen and oxygen atoms in total. The second-order valence-corrected chi connectivity index (χ2v) is 4.25. The van der Waals surface area contributed by atoms with Crippen molar-refractivity contribution in [3.63, 3.8) is 0 Å². The summed E-state index contributed by atoms with van der Waals surface area (Å²) in [7, 11) is 0. The van der Waals surface area contributed by atoms with Crippen molar-refractivity contribution in [1.29, 1.82) is 0 Å². The number of alkyl halides is 1. The van der Waals surface area contributed by atoms with E-state index in [9.17, 15) is 0 Å². The van der Waals surface area contributed by atoms with Crippen LogP contribution in [0.3, 0.4) is 0 Å². The lowest BCUT2D eigenvalue weighted by Crippen LogP contribution is -1.90. The van der Waals surface area contributed by atoms with Gasteiger partial charge in [0, 0.05) is 0 Å². The normalized spacial score (nSPS) is 12.7. The number of hydrogen-bond donors (Lipinski definition) is 0. The van der Waals surface area contributed by atoms with Gasteiger partial charge in [0.15, 0.2) is 0 Å². The summed E-state index contributed by atoms with van der Waals surface area (Å²) in [6.45, 7) is 2.23. The molecular formula is C13H19Cl. The Bertz CT molecular complexity index is 230. The maximum Gasteiger partial charge on any atom is 0.0585 e. The van der Waals surface area contributed by atoms with Gasteiger partial charge < -0.3 is 0 Å². The van der Waals surface area contributed by atoms with Crippen LogP contribution in [-0.4, -0.2) is 0 Å². The Hall–Kier alpha value is -0.490. The number of halogens is 1. The quantitative estimate of drug-likeness (QED) is 0.461. The molecule has 0 fully saturated rings. The largest absolute Gasteiger partial charge is 0.118 e. The molecule has 0 radical (unpaired) electrons. The maximum absolute atomic E-state index is 6.29. The number of unbranched alkanes of at least 4 members (excludes halogenated alkanes) is 3. The van der Waals surface area contributed by atoms with Gasteiger partial charge in [-0.25, -0.2) is 0 Å². The highest BCUT2D eigenvalue weighted by atomic mass is 35.5. The van der Waals surface area contributed by atoms with Crippen LogP contribution in [0.4, 0.5) is 0 Å². The lowest BCUT2D eigenvalue weighted by atomic mass is 10.1. The van der Waals surface area contributed by atoms with Crippen molar-refractivity contribution < 1.29 is 0 Å². The Kier molecular flexibility index (Phi) is 5.70. The predicted octanol–water partition coefficient (Wildman–Crippen LogP) is 4.94. The van der Waals surface area contributed by atoms with E-state index in [0.717, 1.165) is 6.42 Å². The van der Waals surface area contributed by atoms with Crippen molar-refractivity contribution in [2.24, 2.45) is 0 Å². The van der Waals surface area contributed by atoms with Gasteiger partial charge >= 0.3 is 0 Å². The van der Waals surface area contributed by atoms with Crippen molar-refractivity contribution in [2.45, 2.75) is 44.4 Å². The van der Waals surface area contributed by atoms with E-state index in [-0.39, 0.29) is 5.38 Å². The summed E-state index contributed by atoms with van der Waals surface area (Å²) < 4.78 is 0. The van der Waals surface area contributed by atoms with E-state index >= 15 is 0 Å². The fourth-order valence-corrected chi connectivity index (χ4v) is 1.88. The number of benzene rings is 1. The first-order valence-corrected chi connectivity index (χ1v) is 5.97. The average Bonchev–Trinajstić information content (AvgIpc) is 2.25. The Balaban J connectivity index is 2.25. The maximum atomic E-state index is 6.29. The summed E-state index contributed by atoms with van der Waals surface area (Å²) in [5.74, 6) is 0. The number of rotatable bonds is 6. The van der Waals surface area contributed by atoms with Gasteiger partial charge in [-0.15, -0.1) is 11.6 Å². The molecule has 0 saturated heterocycles. The SMILES string of the molecule is CCCCCCC(Cl)c1ccccc1. The topological polar surface area (TPSA) is 0 Å². The zero-order valence-corrected chi connectivity index (χ0v) is 9.63. The molecule has 1 aromatic carbocycles. The van der Waals surface area contributed by atoms with E-state index in [1.54, 1.807) is 0 Å². The standard InChI is InChI=1S/C13H19Cl/c1-2-3-4-8-11-13(14)12-9-6-5-7-10-12/h5-7,9-10,13H,2-4,8,11H2,1H3. The summed E-state index contributed by atoms with van der Waals surface area (Å²) in [5, 5.41) is 0.202. The molecule has 0 aliphatic rings. The molecule has 1 rings (SSSR count). The van der Waals surface area contributed by atoms with E-state index in [1.807, 2.05) is 6.07 Å². The highest BCUT2D eigenvalue weighted by Crippen LogP contribution is 2.26. The van der Waals surface area contributed by atoms with E-state index in [4.69, 9.17) is 11.6 Å². The molecule has 14 heavy (non-hydrogen) atoms. The Labute approximate surface area is 92.3 Å². The van der Waals surface area contributed by atoms with Gasteiger partial charge in [0.05, 0.1) is 5.38 Å². The van der Waals surface area contributed by atoms with Crippen LogP contribution in [0.5, 0.6) is 0 Å². The lowest BCUT2D eigenvalue weighted by Gasteiger charge is -2.08. The summed E-state index contributed by atoms with van der Waals surface area (Å²) in [6, 6.07) is 10.4. The second-order valence-electron chi connectivity index (χ2n) is 3.73. The summed E-state index contributed by atoms with van der Waals surface area (Å²) in [6.07, 6.45) is 6.28. The fraction of sp³-hybridized carbons (Fsp3) is 0.538. The molecule has 0 aromatic heterocycles. The van der Waals surface area contributed by atoms with Crippen molar-refractivity contribution in [3.8, 4) is 0 Å². The molecule has 1 atom stereocenters. The molecular weight excluding hydrogens is 192 g/mol. The van der Waals surface area contributed by atoms with Crippen LogP contribution < -0.4 is 0 Å². The molecule has 0 saturated carbocycles. The molecule has 0 bridgehead atoms. The Morgan fingerprint density at radius 2 is 1.79 bits per heavy atom. The van der Waals surface area contributed by atoms with Crippen LogP contribution in [0.15, 0.2) is 30.3 Å². The van der Waals surface area contributed by atoms with Crippen LogP contribution >= 0.6 is 11.6 Å². The summed E-state index contributed by atoms with van der Waals surface area (Å²) in [5.41, 5.74) is 1.26. The fourth-order valence-electron chi connectivity index (χ4n) is 1.58. The minimum absolute atomic E-state index is 0.202. The van der Waals surface area contributed by atoms with Crippen LogP contribution in [0, 0.1) is 0 Å². The smallest absolute Gasteiger partial charge is 0.0585 e. The van der Waals surface area contributed by atoms with E-state index < -0.39 is 0 Å². The molecule has 0 spiro atoms. The molecule has 0 aliphatic heterocycles. The zero-order valence-electron chi connectivity index (χ0n) is 8.88. The van der Waals surface area contributed by atoms with E-state index in [1.165, 1.54) is 31.2 Å². The minimum Gasteiger partial charge on any atom is -0.118 e. The van der Waals surface area contributed by atoms with Crippen molar-refractivity contribution in [1.82, 2.24) is 0 Å². The molecule has 1 aromatic rings. The first kappa shape index (κ1) is 11.6. The molecule has 1 unspecified atom stereocenters. The average molecular weight is 211 g/mol. The Morgan fingerprint density at radius 1 is 1.07 bits per heavy atom. The molecule has 0 aliphatic carbocycles. The molecule has 78 valence electrons. The van der Waals surface area contributed by atoms with Crippen molar-refractivity contribution in [3.05, 3.63) is 35.9 Å². The highest BCUT2D eigenvalue weighted by Gasteiger charge is 2.05. The summed E-state index contributed by atoms with van der Waals surface area (Å²) >= 11 is 6.29. The predicted molar refractivity (Wildman–Crippen MR) is 63.8 cm³/mol. The van der Waals surface area contributed by atoms with Gasteiger partial charge in [-0.1, -0.05) is 62.9 Å². The third-order valence-corrected chi connectivity index (χ3v) is 2.94. The lowest BCUT2D eigenvalue weighted by molar-refractivity contribution is 0.624. The third kappa shape index (κ3) is 4.15. The number of hydrogen-bond acceptors (Lipinski definition) is 0. The van der Waals surface area contributed by atoms with Gasteiger partial charge in [0.25, 0.3) is 0 Å². The van der Waals surface area contributed by atoms with Crippen LogP contribution in [0.1, 0.15) is 50.0 Å². The van der Waals surface area contributed by atoms with Gasteiger partial charge in [-0.2, -0.15) is 0 Å². The van der Waals surface area contributed by atoms with Crippen molar-refractivity contribution >= 4 is 11.6 Å². The molecule has 0 amide bonds. The van der Waals surface area contributed by atoms with E-state index in [2.05, 4.69) is 31.2 Å². The molecule has 0 N–H and O–H groups in total. The van der Waals surface area contributed by atoms with Crippen LogP contribution in [0.25, 0.3) is 0 Å². The Morgan fingerprint density at radius 3 is 2.43 bits per heavy atom. The summed E-state index contributed by atoms with van der Waals surface area (Å²) in [4.78, 5) is 0. The third-order valence-electron chi connectivity index (χ3n) is 2.47. The monoisotopic (exact) mass is 210 g/mol.